The van der Waals surface area contributed by atoms with Crippen LogP contribution in [0.15, 0.2) is 0 Å². The number of ether oxygens (including phenoxy) is 2. The van der Waals surface area contributed by atoms with Gasteiger partial charge in [0.05, 0.1) is 24.7 Å². The fourth-order valence-corrected chi connectivity index (χ4v) is 1.63. The second-order valence-electron chi connectivity index (χ2n) is 6.75. The minimum Gasteiger partial charge on any atom is -0.466 e. The number of carbonyl (C=O) groups excluding carboxylic acids is 2. The molecule has 2 N–H and O–H groups in total. The first-order valence-corrected chi connectivity index (χ1v) is 8.32. The lowest BCUT2D eigenvalue weighted by Gasteiger charge is -2.28. The molecule has 1 rings (SSSR count). The third-order valence-electron chi connectivity index (χ3n) is 3.88. The van der Waals surface area contributed by atoms with Gasteiger partial charge in [0, 0.05) is 5.54 Å². The first-order chi connectivity index (χ1) is 11.4. The number of esters is 2. The van der Waals surface area contributed by atoms with Gasteiger partial charge < -0.3 is 15.2 Å². The van der Waals surface area contributed by atoms with E-state index in [1.54, 1.807) is 13.8 Å². The van der Waals surface area contributed by atoms with Crippen molar-refractivity contribution in [2.24, 2.45) is 16.6 Å². The van der Waals surface area contributed by atoms with Crippen LogP contribution >= 0.6 is 0 Å². The monoisotopic (exact) mass is 352 g/mol. The Kier molecular flexibility index (Phi) is 10.8. The lowest BCUT2D eigenvalue weighted by Crippen LogP contribution is -2.46. The summed E-state index contributed by atoms with van der Waals surface area (Å²) >= 11 is 0. The van der Waals surface area contributed by atoms with Crippen LogP contribution in [0.2, 0.25) is 0 Å². The van der Waals surface area contributed by atoms with Crippen molar-refractivity contribution in [3.8, 4) is 18.4 Å². The van der Waals surface area contributed by atoms with Gasteiger partial charge >= 0.3 is 11.9 Å². The van der Waals surface area contributed by atoms with Gasteiger partial charge in [0.2, 0.25) is 0 Å². The number of hydrogen-bond donors (Lipinski definition) is 1. The number of terminal acetylenes is 1. The zero-order valence-corrected chi connectivity index (χ0v) is 16.6. The van der Waals surface area contributed by atoms with Crippen LogP contribution in [0.5, 0.6) is 0 Å². The zero-order valence-electron chi connectivity index (χ0n) is 16.6. The Balaban J connectivity index is 0. The Morgan fingerprint density at radius 1 is 1.12 bits per heavy atom. The first-order valence-electron chi connectivity index (χ1n) is 8.32. The number of nitrogens with two attached hydrogens (primary N) is 1. The highest BCUT2D eigenvalue weighted by atomic mass is 16.5. The molecular weight excluding hydrogens is 320 g/mol. The van der Waals surface area contributed by atoms with E-state index >= 15 is 0 Å². The van der Waals surface area contributed by atoms with Gasteiger partial charge in [-0.15, -0.1) is 12.3 Å². The third-order valence-corrected chi connectivity index (χ3v) is 3.88. The second-order valence-corrected chi connectivity index (χ2v) is 6.75. The summed E-state index contributed by atoms with van der Waals surface area (Å²) in [5.41, 5.74) is 4.12. The summed E-state index contributed by atoms with van der Waals surface area (Å²) < 4.78 is 9.59. The average molecular weight is 352 g/mol. The average Bonchev–Trinajstić information content (AvgIpc) is 3.29. The molecule has 0 aromatic heterocycles. The highest BCUT2D eigenvalue weighted by Gasteiger charge is 2.56. The van der Waals surface area contributed by atoms with E-state index in [1.807, 2.05) is 26.8 Å². The van der Waals surface area contributed by atoms with E-state index in [0.29, 0.717) is 13.2 Å². The summed E-state index contributed by atoms with van der Waals surface area (Å²) in [5.74, 6) is 1.61. The summed E-state index contributed by atoms with van der Waals surface area (Å²) in [6.07, 6.45) is 6.46. The highest BCUT2D eigenvalue weighted by molar-refractivity contribution is 5.79. The van der Waals surface area contributed by atoms with E-state index in [-0.39, 0.29) is 11.5 Å². The molecule has 142 valence electrons. The van der Waals surface area contributed by atoms with Crippen molar-refractivity contribution in [1.82, 2.24) is 0 Å². The van der Waals surface area contributed by atoms with Crippen molar-refractivity contribution in [1.29, 1.82) is 5.26 Å². The molecule has 0 unspecified atom stereocenters. The Morgan fingerprint density at radius 2 is 1.48 bits per heavy atom. The van der Waals surface area contributed by atoms with Gasteiger partial charge in [-0.1, -0.05) is 0 Å². The van der Waals surface area contributed by atoms with E-state index in [0.717, 1.165) is 12.8 Å². The van der Waals surface area contributed by atoms with Gasteiger partial charge in [-0.25, -0.2) is 0 Å². The van der Waals surface area contributed by atoms with Crippen molar-refractivity contribution in [3.05, 3.63) is 0 Å². The first kappa shape index (κ1) is 25.2. The van der Waals surface area contributed by atoms with Crippen molar-refractivity contribution >= 4 is 11.9 Å². The van der Waals surface area contributed by atoms with E-state index in [9.17, 15) is 9.59 Å². The molecule has 1 aliphatic rings. The maximum Gasteiger partial charge on any atom is 0.325 e. The number of nitrogens with zero attached hydrogens (tertiary/aromatic N) is 1. The normalized spacial score (nSPS) is 14.2. The summed E-state index contributed by atoms with van der Waals surface area (Å²) in [6.45, 7) is 12.7. The molecule has 0 bridgehead atoms. The predicted octanol–water partition coefficient (Wildman–Crippen LogP) is 2.81. The fraction of sp³-hybridized carbons (Fsp3) is 0.737. The maximum atomic E-state index is 11.4. The molecule has 0 aromatic carbocycles. The number of hydrogen-bond acceptors (Lipinski definition) is 6. The van der Waals surface area contributed by atoms with Gasteiger partial charge in [-0.2, -0.15) is 5.26 Å². The molecule has 6 nitrogen and oxygen atoms in total. The summed E-state index contributed by atoms with van der Waals surface area (Å²) in [4.78, 5) is 22.3. The standard InChI is InChI=1S/C9H17NO2.C7H11NO2.C3H4/c1-4-12-7(11)8(2,3)9(10)5-6-9;1-4-10-6(9)7(2,3)5-8;1-3-2/h4-6,10H2,1-3H3;4H2,1-3H3;1H,2H3. The quantitative estimate of drug-likeness (QED) is 0.603. The molecule has 0 atom stereocenters. The van der Waals surface area contributed by atoms with Crippen molar-refractivity contribution < 1.29 is 19.1 Å². The second kappa shape index (κ2) is 10.7. The van der Waals surface area contributed by atoms with Crippen LogP contribution in [0.1, 0.15) is 61.3 Å². The Bertz CT molecular complexity index is 521. The summed E-state index contributed by atoms with van der Waals surface area (Å²) in [5, 5.41) is 8.44. The predicted molar refractivity (Wildman–Crippen MR) is 97.1 cm³/mol. The number of rotatable bonds is 5. The van der Waals surface area contributed by atoms with Crippen LogP contribution in [-0.4, -0.2) is 30.7 Å². The van der Waals surface area contributed by atoms with Gasteiger partial charge in [0.1, 0.15) is 5.41 Å². The maximum absolute atomic E-state index is 11.4. The minimum atomic E-state index is -1.00. The largest absolute Gasteiger partial charge is 0.466 e. The molecule has 0 amide bonds. The third kappa shape index (κ3) is 8.05. The summed E-state index contributed by atoms with van der Waals surface area (Å²) in [6, 6.07) is 1.85. The van der Waals surface area contributed by atoms with Gasteiger partial charge in [0.25, 0.3) is 0 Å². The van der Waals surface area contributed by atoms with Crippen LogP contribution in [0.25, 0.3) is 0 Å². The van der Waals surface area contributed by atoms with Crippen LogP contribution in [0.3, 0.4) is 0 Å². The van der Waals surface area contributed by atoms with Gasteiger partial charge in [-0.3, -0.25) is 9.59 Å². The van der Waals surface area contributed by atoms with Crippen molar-refractivity contribution in [2.75, 3.05) is 13.2 Å². The molecular formula is C19H32N2O4. The lowest BCUT2D eigenvalue weighted by atomic mass is 9.82. The zero-order chi connectivity index (χ0) is 20.3. The highest BCUT2D eigenvalue weighted by Crippen LogP contribution is 2.48. The number of carbonyl (C=O) groups is 2. The van der Waals surface area contributed by atoms with Crippen LogP contribution < -0.4 is 5.73 Å². The molecule has 25 heavy (non-hydrogen) atoms. The molecule has 0 aliphatic heterocycles. The van der Waals surface area contributed by atoms with E-state index in [2.05, 4.69) is 17.1 Å². The lowest BCUT2D eigenvalue weighted by molar-refractivity contribution is -0.155. The Morgan fingerprint density at radius 3 is 1.76 bits per heavy atom. The molecule has 0 spiro atoms. The van der Waals surface area contributed by atoms with E-state index in [1.165, 1.54) is 13.8 Å². The van der Waals surface area contributed by atoms with E-state index in [4.69, 9.17) is 15.7 Å². The fourth-order valence-electron chi connectivity index (χ4n) is 1.63. The van der Waals surface area contributed by atoms with Crippen LogP contribution in [0.4, 0.5) is 0 Å². The van der Waals surface area contributed by atoms with Gasteiger partial charge in [0.15, 0.2) is 0 Å². The summed E-state index contributed by atoms with van der Waals surface area (Å²) in [7, 11) is 0. The van der Waals surface area contributed by atoms with E-state index < -0.39 is 16.8 Å². The Hall–Kier alpha value is -2.05. The van der Waals surface area contributed by atoms with Crippen LogP contribution in [0, 0.1) is 34.5 Å². The SMILES string of the molecule is C#CC.CCOC(=O)C(C)(C)C#N.CCOC(=O)C(C)(C)C1(N)CC1. The molecule has 1 saturated carbocycles. The molecule has 1 fully saturated rings. The number of nitriles is 1. The topological polar surface area (TPSA) is 102 Å². The molecule has 0 radical (unpaired) electrons. The molecule has 0 aromatic rings. The smallest absolute Gasteiger partial charge is 0.325 e. The molecule has 0 saturated heterocycles. The van der Waals surface area contributed by atoms with Crippen LogP contribution in [-0.2, 0) is 19.1 Å². The Labute approximate surface area is 152 Å². The van der Waals surface area contributed by atoms with Gasteiger partial charge in [-0.05, 0) is 61.3 Å². The molecule has 6 heteroatoms. The van der Waals surface area contributed by atoms with Crippen molar-refractivity contribution in [3.63, 3.8) is 0 Å². The molecule has 0 heterocycles. The molecule has 1 aliphatic carbocycles. The van der Waals surface area contributed by atoms with Crippen molar-refractivity contribution in [2.45, 2.75) is 66.8 Å². The minimum absolute atomic E-state index is 0.176.